The predicted octanol–water partition coefficient (Wildman–Crippen LogP) is 28.7. The fourth-order valence-electron chi connectivity index (χ4n) is 15.4. The Labute approximate surface area is 640 Å². The standard InChI is InChI=1S/C100H66N6OS2/c1-7-27-73(28-8-1)93(74-29-9-2-10-30-74)95(77-35-15-5-16-36-77)79-53-57-81(58-54-79)105(87-43-23-39-67-25-19-21-41-83(67)87)89-63-61-85(97-99(89)103-108-101-97)69-45-49-71(50-46-69)91-65-66-92(107-91)72-51-47-70(48-52-72)86-62-64-90(100-98(86)102-109-104-100)106(88-44-24-40-68-26-20-22-42-84(68)88)82-59-55-80(56-60-82)96(78-37-17-6-18-38-78)94(75-31-11-3-12-32-75)76-33-13-4-14-34-76/h1-66H. The highest BCUT2D eigenvalue weighted by molar-refractivity contribution is 7.58. The fourth-order valence-corrected chi connectivity index (χ4v) is 16.6. The Bertz CT molecular complexity index is 6000. The zero-order valence-corrected chi connectivity index (χ0v) is 60.6. The molecule has 7 nitrogen and oxygen atoms in total. The number of rotatable bonds is 18. The molecule has 514 valence electrons. The van der Waals surface area contributed by atoms with E-state index in [1.54, 1.807) is 0 Å². The van der Waals surface area contributed by atoms with Crippen LogP contribution in [0.15, 0.2) is 422 Å². The van der Waals surface area contributed by atoms with Crippen LogP contribution in [0.1, 0.15) is 44.5 Å². The average Bonchev–Trinajstić information content (AvgIpc) is 1.75. The third-order valence-corrected chi connectivity index (χ3v) is 21.6. The van der Waals surface area contributed by atoms with Crippen LogP contribution in [0, 0.1) is 0 Å². The first-order chi connectivity index (χ1) is 54.1. The predicted molar refractivity (Wildman–Crippen MR) is 457 cm³/mol. The Morgan fingerprint density at radius 2 is 0.486 bits per heavy atom. The lowest BCUT2D eigenvalue weighted by atomic mass is 9.86. The Morgan fingerprint density at radius 1 is 0.211 bits per heavy atom. The molecule has 109 heavy (non-hydrogen) atoms. The summed E-state index contributed by atoms with van der Waals surface area (Å²) in [7, 11) is 0. The molecule has 1 aromatic heterocycles. The topological polar surface area (TPSA) is 69.1 Å². The monoisotopic (exact) mass is 1430 g/mol. The van der Waals surface area contributed by atoms with Crippen molar-refractivity contribution in [1.29, 1.82) is 0 Å². The van der Waals surface area contributed by atoms with Gasteiger partial charge >= 0.3 is 0 Å². The van der Waals surface area contributed by atoms with Crippen LogP contribution in [0.3, 0.4) is 0 Å². The van der Waals surface area contributed by atoms with Gasteiger partial charge in [-0.1, -0.05) is 328 Å². The SMILES string of the molecule is c1ccc(C(=C(c2ccccc2)c2ccc(N(c3ccc(-c4ccc(-c5ccc(-c6ccc(-c7ccc(N(c8ccc(C(=C(c9ccccc9)c9ccccc9)c9ccccc9)cc8)c8cccc9ccccc89)c8c7N=S=N8)cc6)o5)cc4)c4c3N=S=N4)c3cccc4ccccc34)cc2)c2ccccc2)cc1. The number of benzene rings is 16. The molecule has 0 aliphatic carbocycles. The Hall–Kier alpha value is -14.0. The molecule has 9 heteroatoms. The van der Waals surface area contributed by atoms with Gasteiger partial charge < -0.3 is 14.2 Å². The lowest BCUT2D eigenvalue weighted by Gasteiger charge is -2.28. The maximum absolute atomic E-state index is 6.71. The first-order valence-corrected chi connectivity index (χ1v) is 38.0. The summed E-state index contributed by atoms with van der Waals surface area (Å²) in [5.41, 5.74) is 29.0. The molecule has 0 saturated carbocycles. The molecule has 2 aliphatic heterocycles. The van der Waals surface area contributed by atoms with Crippen molar-refractivity contribution >= 4 is 123 Å². The summed E-state index contributed by atoms with van der Waals surface area (Å²) in [6.45, 7) is 0. The number of nitrogens with zero attached hydrogens (tertiary/aromatic N) is 6. The third-order valence-electron chi connectivity index (χ3n) is 20.6. The molecule has 0 bridgehead atoms. The van der Waals surface area contributed by atoms with Gasteiger partial charge in [-0.2, -0.15) is 17.5 Å². The minimum absolute atomic E-state index is 0.773. The van der Waals surface area contributed by atoms with Gasteiger partial charge in [-0.25, -0.2) is 0 Å². The Kier molecular flexibility index (Phi) is 17.6. The summed E-state index contributed by atoms with van der Waals surface area (Å²) in [6, 6.07) is 143. The molecule has 0 atom stereocenters. The molecule has 17 aromatic rings. The van der Waals surface area contributed by atoms with Crippen molar-refractivity contribution in [3.8, 4) is 44.9 Å². The van der Waals surface area contributed by atoms with E-state index in [0.717, 1.165) is 179 Å². The average molecular weight is 1430 g/mol. The summed E-state index contributed by atoms with van der Waals surface area (Å²) in [5.74, 6) is 1.55. The van der Waals surface area contributed by atoms with Crippen molar-refractivity contribution in [2.75, 3.05) is 9.80 Å². The van der Waals surface area contributed by atoms with Gasteiger partial charge in [0, 0.05) is 44.4 Å². The van der Waals surface area contributed by atoms with Crippen LogP contribution in [-0.2, 0) is 22.7 Å². The van der Waals surface area contributed by atoms with Crippen LogP contribution in [-0.4, -0.2) is 0 Å². The van der Waals surface area contributed by atoms with Gasteiger partial charge in [0.1, 0.15) is 34.3 Å². The van der Waals surface area contributed by atoms with Crippen LogP contribution in [0.4, 0.5) is 56.9 Å². The molecular weight excluding hydrogens is 1370 g/mol. The zero-order chi connectivity index (χ0) is 72.4. The second-order valence-electron chi connectivity index (χ2n) is 27.0. The maximum Gasteiger partial charge on any atom is 0.134 e. The molecule has 0 N–H and O–H groups in total. The van der Waals surface area contributed by atoms with E-state index in [9.17, 15) is 0 Å². The van der Waals surface area contributed by atoms with Crippen LogP contribution in [0.2, 0.25) is 0 Å². The van der Waals surface area contributed by atoms with Crippen molar-refractivity contribution in [3.63, 3.8) is 0 Å². The molecule has 3 heterocycles. The number of anilines is 6. The minimum Gasteiger partial charge on any atom is -0.456 e. The van der Waals surface area contributed by atoms with E-state index in [4.69, 9.17) is 21.9 Å². The molecule has 0 saturated heterocycles. The quantitative estimate of drug-likeness (QED) is 0.0804. The van der Waals surface area contributed by atoms with Gasteiger partial charge in [-0.15, -0.1) is 0 Å². The van der Waals surface area contributed by atoms with Crippen LogP contribution in [0.25, 0.3) is 88.7 Å². The van der Waals surface area contributed by atoms with Crippen molar-refractivity contribution < 1.29 is 4.42 Å². The summed E-state index contributed by atoms with van der Waals surface area (Å²) in [4.78, 5) is 4.69. The lowest BCUT2D eigenvalue weighted by molar-refractivity contribution is 0.597. The highest BCUT2D eigenvalue weighted by Gasteiger charge is 2.29. The van der Waals surface area contributed by atoms with Crippen molar-refractivity contribution in [1.82, 2.24) is 0 Å². The van der Waals surface area contributed by atoms with Crippen LogP contribution in [0.5, 0.6) is 0 Å². The first kappa shape index (κ1) is 65.8. The molecule has 16 aromatic carbocycles. The summed E-state index contributed by atoms with van der Waals surface area (Å²) < 4.78 is 27.0. The van der Waals surface area contributed by atoms with E-state index in [2.05, 4.69) is 410 Å². The van der Waals surface area contributed by atoms with E-state index < -0.39 is 0 Å². The van der Waals surface area contributed by atoms with Crippen molar-refractivity contribution in [3.05, 3.63) is 445 Å². The first-order valence-electron chi connectivity index (χ1n) is 36.5. The van der Waals surface area contributed by atoms with E-state index in [1.807, 2.05) is 0 Å². The number of furan rings is 1. The summed E-state index contributed by atoms with van der Waals surface area (Å²) in [6.07, 6.45) is 0. The zero-order valence-electron chi connectivity index (χ0n) is 59.0. The van der Waals surface area contributed by atoms with E-state index in [0.29, 0.717) is 0 Å². The van der Waals surface area contributed by atoms with Crippen molar-refractivity contribution in [2.45, 2.75) is 0 Å². The molecule has 0 amide bonds. The fraction of sp³-hybridized carbons (Fsp3) is 0. The van der Waals surface area contributed by atoms with Crippen LogP contribution >= 0.6 is 0 Å². The van der Waals surface area contributed by atoms with Gasteiger partial charge in [0.05, 0.1) is 45.5 Å². The van der Waals surface area contributed by atoms with Gasteiger partial charge in [0.15, 0.2) is 0 Å². The molecule has 0 radical (unpaired) electrons. The van der Waals surface area contributed by atoms with Crippen molar-refractivity contribution in [2.24, 2.45) is 17.5 Å². The minimum atomic E-state index is 0.773. The van der Waals surface area contributed by atoms with E-state index in [1.165, 1.54) is 33.9 Å². The van der Waals surface area contributed by atoms with E-state index >= 15 is 0 Å². The molecular formula is C100H66N6OS2. The molecule has 19 rings (SSSR count). The second kappa shape index (κ2) is 29.2. The highest BCUT2D eigenvalue weighted by Crippen LogP contribution is 2.55. The Morgan fingerprint density at radius 3 is 0.817 bits per heavy atom. The molecule has 0 fully saturated rings. The maximum atomic E-state index is 6.71. The van der Waals surface area contributed by atoms with Crippen LogP contribution < -0.4 is 9.80 Å². The highest BCUT2D eigenvalue weighted by atomic mass is 32.1. The van der Waals surface area contributed by atoms with Gasteiger partial charge in [-0.05, 0) is 161 Å². The smallest absolute Gasteiger partial charge is 0.134 e. The largest absolute Gasteiger partial charge is 0.456 e. The van der Waals surface area contributed by atoms with Gasteiger partial charge in [0.25, 0.3) is 0 Å². The number of hydrogen-bond donors (Lipinski definition) is 0. The normalized spacial score (nSPS) is 11.7. The third kappa shape index (κ3) is 12.6. The Balaban J connectivity index is 0.617. The molecule has 0 unspecified atom stereocenters. The molecule has 0 spiro atoms. The second-order valence-corrected chi connectivity index (χ2v) is 28.0. The summed E-state index contributed by atoms with van der Waals surface area (Å²) >= 11 is 2.47. The van der Waals surface area contributed by atoms with E-state index in [-0.39, 0.29) is 0 Å². The lowest BCUT2D eigenvalue weighted by Crippen LogP contribution is -2.11. The van der Waals surface area contributed by atoms with Gasteiger partial charge in [0.2, 0.25) is 0 Å². The summed E-state index contributed by atoms with van der Waals surface area (Å²) in [5, 5.41) is 4.56. The van der Waals surface area contributed by atoms with Gasteiger partial charge in [-0.3, -0.25) is 0 Å². The molecule has 2 aliphatic rings. The number of hydrogen-bond acceptors (Lipinski definition) is 7. The number of fused-ring (bicyclic) bond motifs is 4.